The third kappa shape index (κ3) is 2.51. The zero-order valence-electron chi connectivity index (χ0n) is 8.08. The molecule has 0 aliphatic heterocycles. The fraction of sp³-hybridized carbons (Fsp3) is 0.273. The van der Waals surface area contributed by atoms with Gasteiger partial charge in [0.05, 0.1) is 5.69 Å². The first-order valence-electron chi connectivity index (χ1n) is 4.34. The Bertz CT molecular complexity index is 305. The first-order valence-corrected chi connectivity index (χ1v) is 4.34. The van der Waals surface area contributed by atoms with Crippen molar-refractivity contribution < 1.29 is 4.74 Å². The highest BCUT2D eigenvalue weighted by molar-refractivity contribution is 5.57. The van der Waals surface area contributed by atoms with Crippen molar-refractivity contribution >= 4 is 5.69 Å². The largest absolute Gasteiger partial charge is 0.487 e. The number of nitrogen functional groups attached to an aromatic ring is 1. The lowest BCUT2D eigenvalue weighted by Crippen LogP contribution is -1.99. The van der Waals surface area contributed by atoms with Gasteiger partial charge >= 0.3 is 0 Å². The van der Waals surface area contributed by atoms with Crippen LogP contribution in [0, 0.1) is 6.92 Å². The second-order valence-electron chi connectivity index (χ2n) is 2.87. The van der Waals surface area contributed by atoms with Gasteiger partial charge in [-0.15, -0.1) is 0 Å². The van der Waals surface area contributed by atoms with Gasteiger partial charge in [0.2, 0.25) is 0 Å². The van der Waals surface area contributed by atoms with E-state index in [1.165, 1.54) is 0 Å². The number of ether oxygens (including phenoxy) is 1. The van der Waals surface area contributed by atoms with E-state index >= 15 is 0 Å². The standard InChI is InChI=1S/C11H15NO/c1-3-4-8-13-10-7-5-6-9(2)11(10)12/h3-7H,8,12H2,1-2H3/b4-3+. The average molecular weight is 177 g/mol. The molecule has 0 bridgehead atoms. The molecule has 2 nitrogen and oxygen atoms in total. The molecule has 0 atom stereocenters. The quantitative estimate of drug-likeness (QED) is 0.568. The number of hydrogen-bond acceptors (Lipinski definition) is 2. The van der Waals surface area contributed by atoms with E-state index in [9.17, 15) is 0 Å². The van der Waals surface area contributed by atoms with E-state index in [0.29, 0.717) is 6.61 Å². The van der Waals surface area contributed by atoms with Gasteiger partial charge < -0.3 is 10.5 Å². The summed E-state index contributed by atoms with van der Waals surface area (Å²) in [6, 6.07) is 5.79. The molecule has 0 amide bonds. The summed E-state index contributed by atoms with van der Waals surface area (Å²) in [5.41, 5.74) is 7.60. The van der Waals surface area contributed by atoms with Gasteiger partial charge in [-0.05, 0) is 25.5 Å². The molecule has 0 unspecified atom stereocenters. The van der Waals surface area contributed by atoms with E-state index in [1.54, 1.807) is 0 Å². The monoisotopic (exact) mass is 177 g/mol. The van der Waals surface area contributed by atoms with Crippen LogP contribution < -0.4 is 10.5 Å². The van der Waals surface area contributed by atoms with Crippen LogP contribution in [0.3, 0.4) is 0 Å². The molecular formula is C11H15NO. The Kier molecular flexibility index (Phi) is 3.38. The van der Waals surface area contributed by atoms with Crippen molar-refractivity contribution in [3.05, 3.63) is 35.9 Å². The van der Waals surface area contributed by atoms with Crippen LogP contribution in [-0.4, -0.2) is 6.61 Å². The number of anilines is 1. The smallest absolute Gasteiger partial charge is 0.142 e. The molecule has 70 valence electrons. The molecule has 2 N–H and O–H groups in total. The van der Waals surface area contributed by atoms with Crippen LogP contribution in [-0.2, 0) is 0 Å². The summed E-state index contributed by atoms with van der Waals surface area (Å²) in [5.74, 6) is 0.762. The molecule has 0 aliphatic rings. The minimum Gasteiger partial charge on any atom is -0.487 e. The van der Waals surface area contributed by atoms with Gasteiger partial charge in [-0.2, -0.15) is 0 Å². The number of aryl methyl sites for hydroxylation is 1. The zero-order valence-corrected chi connectivity index (χ0v) is 8.08. The van der Waals surface area contributed by atoms with Gasteiger partial charge in [-0.25, -0.2) is 0 Å². The van der Waals surface area contributed by atoms with E-state index in [2.05, 4.69) is 0 Å². The van der Waals surface area contributed by atoms with Crippen molar-refractivity contribution in [2.45, 2.75) is 13.8 Å². The van der Waals surface area contributed by atoms with Crippen LogP contribution in [0.5, 0.6) is 5.75 Å². The minimum absolute atomic E-state index is 0.574. The molecule has 0 heterocycles. The lowest BCUT2D eigenvalue weighted by Gasteiger charge is -2.08. The third-order valence-electron chi connectivity index (χ3n) is 1.85. The highest BCUT2D eigenvalue weighted by atomic mass is 16.5. The van der Waals surface area contributed by atoms with Gasteiger partial charge in [0.15, 0.2) is 0 Å². The number of rotatable bonds is 3. The maximum atomic E-state index is 5.82. The molecule has 0 saturated heterocycles. The molecule has 0 spiro atoms. The molecule has 0 aliphatic carbocycles. The maximum Gasteiger partial charge on any atom is 0.142 e. The molecule has 1 aromatic carbocycles. The van der Waals surface area contributed by atoms with E-state index in [1.807, 2.05) is 44.2 Å². The summed E-state index contributed by atoms with van der Waals surface area (Å²) >= 11 is 0. The third-order valence-corrected chi connectivity index (χ3v) is 1.85. The van der Waals surface area contributed by atoms with Crippen molar-refractivity contribution in [1.82, 2.24) is 0 Å². The average Bonchev–Trinajstić information content (AvgIpc) is 2.13. The summed E-state index contributed by atoms with van der Waals surface area (Å²) in [5, 5.41) is 0. The van der Waals surface area contributed by atoms with Gasteiger partial charge in [0.25, 0.3) is 0 Å². The predicted octanol–water partition coefficient (Wildman–Crippen LogP) is 2.53. The Morgan fingerprint density at radius 1 is 1.46 bits per heavy atom. The van der Waals surface area contributed by atoms with E-state index in [4.69, 9.17) is 10.5 Å². The molecule has 0 fully saturated rings. The Labute approximate surface area is 79.0 Å². The van der Waals surface area contributed by atoms with Crippen molar-refractivity contribution in [1.29, 1.82) is 0 Å². The lowest BCUT2D eigenvalue weighted by atomic mass is 10.2. The number of nitrogens with two attached hydrogens (primary N) is 1. The number of allylic oxidation sites excluding steroid dienone is 1. The minimum atomic E-state index is 0.574. The Balaban J connectivity index is 2.71. The summed E-state index contributed by atoms with van der Waals surface area (Å²) in [6.45, 7) is 4.50. The second kappa shape index (κ2) is 4.55. The van der Waals surface area contributed by atoms with Crippen molar-refractivity contribution in [2.75, 3.05) is 12.3 Å². The fourth-order valence-corrected chi connectivity index (χ4v) is 1.01. The van der Waals surface area contributed by atoms with E-state index in [-0.39, 0.29) is 0 Å². The molecule has 0 aromatic heterocycles. The summed E-state index contributed by atoms with van der Waals surface area (Å²) < 4.78 is 5.45. The highest BCUT2D eigenvalue weighted by Crippen LogP contribution is 2.23. The Morgan fingerprint density at radius 2 is 2.23 bits per heavy atom. The fourth-order valence-electron chi connectivity index (χ4n) is 1.01. The van der Waals surface area contributed by atoms with Crippen LogP contribution in [0.2, 0.25) is 0 Å². The second-order valence-corrected chi connectivity index (χ2v) is 2.87. The van der Waals surface area contributed by atoms with Crippen LogP contribution in [0.4, 0.5) is 5.69 Å². The van der Waals surface area contributed by atoms with Gasteiger partial charge in [-0.1, -0.05) is 24.3 Å². The molecule has 13 heavy (non-hydrogen) atoms. The Morgan fingerprint density at radius 3 is 2.92 bits per heavy atom. The molecule has 0 saturated carbocycles. The van der Waals surface area contributed by atoms with Crippen LogP contribution in [0.25, 0.3) is 0 Å². The summed E-state index contributed by atoms with van der Waals surface area (Å²) in [7, 11) is 0. The number of hydrogen-bond donors (Lipinski definition) is 1. The highest BCUT2D eigenvalue weighted by Gasteiger charge is 2.00. The predicted molar refractivity (Wildman–Crippen MR) is 55.9 cm³/mol. The van der Waals surface area contributed by atoms with Crippen LogP contribution >= 0.6 is 0 Å². The molecular weight excluding hydrogens is 162 g/mol. The summed E-state index contributed by atoms with van der Waals surface area (Å²) in [6.07, 6.45) is 3.90. The molecule has 1 rings (SSSR count). The van der Waals surface area contributed by atoms with Crippen LogP contribution in [0.15, 0.2) is 30.4 Å². The van der Waals surface area contributed by atoms with Crippen molar-refractivity contribution in [3.63, 3.8) is 0 Å². The number of benzene rings is 1. The van der Waals surface area contributed by atoms with Crippen molar-refractivity contribution in [2.24, 2.45) is 0 Å². The normalized spacial score (nSPS) is 10.6. The van der Waals surface area contributed by atoms with Crippen LogP contribution in [0.1, 0.15) is 12.5 Å². The maximum absolute atomic E-state index is 5.82. The van der Waals surface area contributed by atoms with Gasteiger partial charge in [0.1, 0.15) is 12.4 Å². The Hall–Kier alpha value is -1.44. The van der Waals surface area contributed by atoms with E-state index in [0.717, 1.165) is 17.0 Å². The molecule has 0 radical (unpaired) electrons. The topological polar surface area (TPSA) is 35.2 Å². The first-order chi connectivity index (χ1) is 6.25. The van der Waals surface area contributed by atoms with E-state index < -0.39 is 0 Å². The summed E-state index contributed by atoms with van der Waals surface area (Å²) in [4.78, 5) is 0. The van der Waals surface area contributed by atoms with Gasteiger partial charge in [-0.3, -0.25) is 0 Å². The van der Waals surface area contributed by atoms with Gasteiger partial charge in [0, 0.05) is 0 Å². The van der Waals surface area contributed by atoms with Crippen molar-refractivity contribution in [3.8, 4) is 5.75 Å². The molecule has 2 heteroatoms. The SMILES string of the molecule is C/C=C/COc1cccc(C)c1N. The lowest BCUT2D eigenvalue weighted by molar-refractivity contribution is 0.364. The first kappa shape index (κ1) is 9.65. The zero-order chi connectivity index (χ0) is 9.68. The molecule has 1 aromatic rings. The number of para-hydroxylation sites is 1.